The molecule has 5 nitrogen and oxygen atoms in total. The Kier molecular flexibility index (Phi) is 2.97. The minimum absolute atomic E-state index is 0.146. The molecule has 2 heterocycles. The van der Waals surface area contributed by atoms with Gasteiger partial charge in [-0.15, -0.1) is 0 Å². The van der Waals surface area contributed by atoms with Crippen LogP contribution < -0.4 is 5.11 Å². The second-order valence-corrected chi connectivity index (χ2v) is 5.11. The molecule has 21 heavy (non-hydrogen) atoms. The van der Waals surface area contributed by atoms with Crippen LogP contribution in [0.15, 0.2) is 30.3 Å². The molecule has 0 aliphatic rings. The van der Waals surface area contributed by atoms with Crippen LogP contribution in [-0.4, -0.2) is 20.7 Å². The summed E-state index contributed by atoms with van der Waals surface area (Å²) < 4.78 is 1.74. The topological polar surface area (TPSA) is 70.8 Å². The summed E-state index contributed by atoms with van der Waals surface area (Å²) in [5, 5.41) is 16.4. The summed E-state index contributed by atoms with van der Waals surface area (Å²) in [5.74, 6) is -1.19. The zero-order chi connectivity index (χ0) is 15.1. The fourth-order valence-corrected chi connectivity index (χ4v) is 2.58. The van der Waals surface area contributed by atoms with Crippen LogP contribution in [0.2, 0.25) is 0 Å². The van der Waals surface area contributed by atoms with Crippen LogP contribution in [0.3, 0.4) is 0 Å². The van der Waals surface area contributed by atoms with Gasteiger partial charge in [0, 0.05) is 11.1 Å². The molecular weight excluding hydrogens is 266 g/mol. The molecule has 0 fully saturated rings. The number of carbonyl (C=O) groups excluding carboxylic acids is 1. The van der Waals surface area contributed by atoms with Crippen molar-refractivity contribution in [3.05, 3.63) is 52.8 Å². The fraction of sp³-hybridized carbons (Fsp3) is 0.188. The highest BCUT2D eigenvalue weighted by molar-refractivity contribution is 5.86. The van der Waals surface area contributed by atoms with Crippen molar-refractivity contribution in [3.63, 3.8) is 0 Å². The van der Waals surface area contributed by atoms with Gasteiger partial charge in [-0.1, -0.05) is 12.1 Å². The third-order valence-electron chi connectivity index (χ3n) is 3.49. The first-order chi connectivity index (χ1) is 9.97. The third-order valence-corrected chi connectivity index (χ3v) is 3.49. The van der Waals surface area contributed by atoms with E-state index in [9.17, 15) is 9.90 Å². The molecule has 0 saturated carbocycles. The lowest BCUT2D eigenvalue weighted by Crippen LogP contribution is -2.22. The summed E-state index contributed by atoms with van der Waals surface area (Å²) in [6.45, 7) is 5.92. The number of benzene rings is 1. The third kappa shape index (κ3) is 2.16. The molecule has 0 amide bonds. The number of carbonyl (C=O) groups is 1. The molecule has 0 bridgehead atoms. The zero-order valence-electron chi connectivity index (χ0n) is 12.0. The molecule has 0 atom stereocenters. The van der Waals surface area contributed by atoms with Crippen molar-refractivity contribution < 1.29 is 9.90 Å². The molecule has 2 aromatic heterocycles. The first-order valence-corrected chi connectivity index (χ1v) is 6.62. The van der Waals surface area contributed by atoms with E-state index < -0.39 is 5.97 Å². The number of fused-ring (bicyclic) bond motifs is 1. The van der Waals surface area contributed by atoms with Crippen LogP contribution in [-0.2, 0) is 0 Å². The smallest absolute Gasteiger partial charge is 0.163 e. The Balaban J connectivity index is 2.23. The molecule has 0 N–H and O–H groups in total. The lowest BCUT2D eigenvalue weighted by atomic mass is 10.1. The second-order valence-electron chi connectivity index (χ2n) is 5.11. The summed E-state index contributed by atoms with van der Waals surface area (Å²) >= 11 is 0. The van der Waals surface area contributed by atoms with Crippen LogP contribution in [0, 0.1) is 20.8 Å². The number of aromatic carboxylic acids is 1. The molecular formula is C16H14N3O2-. The molecule has 0 saturated heterocycles. The maximum absolute atomic E-state index is 10.8. The van der Waals surface area contributed by atoms with E-state index in [1.165, 1.54) is 12.1 Å². The molecule has 106 valence electrons. The number of hydrogen-bond donors (Lipinski definition) is 0. The normalized spacial score (nSPS) is 11.0. The average molecular weight is 280 g/mol. The first-order valence-electron chi connectivity index (χ1n) is 6.62. The molecule has 0 aliphatic heterocycles. The van der Waals surface area contributed by atoms with Crippen molar-refractivity contribution in [3.8, 4) is 5.69 Å². The minimum atomic E-state index is -1.19. The van der Waals surface area contributed by atoms with Gasteiger partial charge < -0.3 is 9.90 Å². The summed E-state index contributed by atoms with van der Waals surface area (Å²) in [5.41, 5.74) is 4.66. The van der Waals surface area contributed by atoms with Crippen molar-refractivity contribution in [2.24, 2.45) is 0 Å². The van der Waals surface area contributed by atoms with Gasteiger partial charge in [0.05, 0.1) is 17.4 Å². The Morgan fingerprint density at radius 2 is 1.81 bits per heavy atom. The van der Waals surface area contributed by atoms with Crippen molar-refractivity contribution in [2.45, 2.75) is 20.8 Å². The lowest BCUT2D eigenvalue weighted by molar-refractivity contribution is -0.255. The molecule has 5 heteroatoms. The number of aryl methyl sites for hydroxylation is 3. The predicted octanol–water partition coefficient (Wildman–Crippen LogP) is 1.71. The van der Waals surface area contributed by atoms with Crippen molar-refractivity contribution in [1.82, 2.24) is 14.8 Å². The maximum atomic E-state index is 10.8. The number of rotatable bonds is 2. The lowest BCUT2D eigenvalue weighted by Gasteiger charge is -2.06. The minimum Gasteiger partial charge on any atom is -0.545 e. The zero-order valence-corrected chi connectivity index (χ0v) is 12.0. The monoisotopic (exact) mass is 280 g/mol. The summed E-state index contributed by atoms with van der Waals surface area (Å²) in [6.07, 6.45) is 0. The van der Waals surface area contributed by atoms with E-state index in [4.69, 9.17) is 0 Å². The largest absolute Gasteiger partial charge is 0.545 e. The number of nitrogens with zero attached hydrogens (tertiary/aromatic N) is 3. The Hall–Kier alpha value is -2.69. The SMILES string of the molecule is Cc1cc(C)c2c(C)nn(-c3ccc(C(=O)[O-])cc3)c2n1. The first kappa shape index (κ1) is 13.3. The van der Waals surface area contributed by atoms with E-state index in [2.05, 4.69) is 10.1 Å². The number of hydrogen-bond acceptors (Lipinski definition) is 4. The van der Waals surface area contributed by atoms with Crippen LogP contribution in [0.25, 0.3) is 16.7 Å². The van der Waals surface area contributed by atoms with Gasteiger partial charge >= 0.3 is 0 Å². The van der Waals surface area contributed by atoms with Crippen molar-refractivity contribution in [2.75, 3.05) is 0 Å². The molecule has 3 rings (SSSR count). The number of carboxylic acid groups (broad SMARTS) is 1. The number of pyridine rings is 1. The maximum Gasteiger partial charge on any atom is 0.163 e. The quantitative estimate of drug-likeness (QED) is 0.716. The number of aromatic nitrogens is 3. The molecule has 0 aliphatic carbocycles. The Bertz CT molecular complexity index is 848. The predicted molar refractivity (Wildman–Crippen MR) is 77.4 cm³/mol. The van der Waals surface area contributed by atoms with Crippen LogP contribution in [0.1, 0.15) is 27.3 Å². The highest BCUT2D eigenvalue weighted by Gasteiger charge is 2.13. The van der Waals surface area contributed by atoms with E-state index in [1.54, 1.807) is 16.8 Å². The highest BCUT2D eigenvalue weighted by atomic mass is 16.4. The van der Waals surface area contributed by atoms with Crippen molar-refractivity contribution in [1.29, 1.82) is 0 Å². The van der Waals surface area contributed by atoms with Crippen LogP contribution in [0.5, 0.6) is 0 Å². The molecule has 1 aromatic carbocycles. The van der Waals surface area contributed by atoms with E-state index in [0.717, 1.165) is 33.7 Å². The number of carboxylic acids is 1. The summed E-state index contributed by atoms with van der Waals surface area (Å²) in [7, 11) is 0. The van der Waals surface area contributed by atoms with Crippen LogP contribution >= 0.6 is 0 Å². The van der Waals surface area contributed by atoms with Gasteiger partial charge in [0.25, 0.3) is 0 Å². The van der Waals surface area contributed by atoms with Crippen LogP contribution in [0.4, 0.5) is 0 Å². The Morgan fingerprint density at radius 3 is 2.43 bits per heavy atom. The van der Waals surface area contributed by atoms with Gasteiger partial charge in [0.15, 0.2) is 5.65 Å². The van der Waals surface area contributed by atoms with E-state index in [0.29, 0.717) is 0 Å². The van der Waals surface area contributed by atoms with E-state index in [-0.39, 0.29) is 5.56 Å². The van der Waals surface area contributed by atoms with E-state index >= 15 is 0 Å². The van der Waals surface area contributed by atoms with Gasteiger partial charge in [-0.2, -0.15) is 5.10 Å². The van der Waals surface area contributed by atoms with Gasteiger partial charge in [-0.3, -0.25) is 0 Å². The summed E-state index contributed by atoms with van der Waals surface area (Å²) in [4.78, 5) is 15.4. The van der Waals surface area contributed by atoms with Crippen molar-refractivity contribution >= 4 is 17.0 Å². The summed E-state index contributed by atoms with van der Waals surface area (Å²) in [6, 6.07) is 8.46. The molecule has 0 radical (unpaired) electrons. The Labute approximate surface area is 121 Å². The fourth-order valence-electron chi connectivity index (χ4n) is 2.58. The van der Waals surface area contributed by atoms with Gasteiger partial charge in [0.1, 0.15) is 0 Å². The molecule has 3 aromatic rings. The van der Waals surface area contributed by atoms with Gasteiger partial charge in [-0.05, 0) is 50.1 Å². The van der Waals surface area contributed by atoms with Gasteiger partial charge in [0.2, 0.25) is 0 Å². The molecule has 0 spiro atoms. The standard InChI is InChI=1S/C16H15N3O2/c1-9-8-10(2)17-15-14(9)11(3)18-19(15)13-6-4-12(5-7-13)16(20)21/h4-8H,1-3H3,(H,20,21)/p-1. The average Bonchev–Trinajstić information content (AvgIpc) is 2.76. The highest BCUT2D eigenvalue weighted by Crippen LogP contribution is 2.24. The van der Waals surface area contributed by atoms with Gasteiger partial charge in [-0.25, -0.2) is 9.67 Å². The Morgan fingerprint density at radius 1 is 1.14 bits per heavy atom. The molecule has 0 unspecified atom stereocenters. The second kappa shape index (κ2) is 4.70. The van der Waals surface area contributed by atoms with E-state index in [1.807, 2.05) is 26.8 Å².